The maximum Gasteiger partial charge on any atom is 0.270 e. The van der Waals surface area contributed by atoms with Crippen LogP contribution in [0.4, 0.5) is 5.69 Å². The fourth-order valence-electron chi connectivity index (χ4n) is 2.18. The second kappa shape index (κ2) is 6.04. The molecular weight excluding hydrogens is 340 g/mol. The van der Waals surface area contributed by atoms with E-state index in [2.05, 4.69) is 4.98 Å². The molecule has 1 aromatic heterocycles. The zero-order valence-electron chi connectivity index (χ0n) is 11.5. The number of rotatable bonds is 3. The van der Waals surface area contributed by atoms with Crippen LogP contribution >= 0.6 is 11.6 Å². The number of fused-ring (bicyclic) bond motifs is 1. The molecule has 0 radical (unpaired) electrons. The normalized spacial score (nSPS) is 12.3. The summed E-state index contributed by atoms with van der Waals surface area (Å²) in [7, 11) is 0. The number of hydrogen-bond donors (Lipinski definition) is 1. The second-order valence-corrected chi connectivity index (χ2v) is 6.10. The van der Waals surface area contributed by atoms with Crippen LogP contribution in [-0.4, -0.2) is 18.7 Å². The number of nitro groups is 1. The van der Waals surface area contributed by atoms with Gasteiger partial charge in [-0.1, -0.05) is 23.7 Å². The lowest BCUT2D eigenvalue weighted by molar-refractivity contribution is -0.384. The quantitative estimate of drug-likeness (QED) is 0.438. The molecule has 23 heavy (non-hydrogen) atoms. The van der Waals surface area contributed by atoms with Crippen molar-refractivity contribution in [2.75, 3.05) is 0 Å². The Morgan fingerprint density at radius 1 is 1.13 bits per heavy atom. The Bertz CT molecular complexity index is 944. The molecule has 3 aromatic rings. The van der Waals surface area contributed by atoms with Gasteiger partial charge in [-0.25, -0.2) is 9.19 Å². The molecule has 0 amide bonds. The second-order valence-electron chi connectivity index (χ2n) is 4.72. The van der Waals surface area contributed by atoms with Crippen molar-refractivity contribution in [1.82, 2.24) is 4.98 Å². The zero-order chi connectivity index (χ0) is 16.6. The molecule has 0 aliphatic rings. The van der Waals surface area contributed by atoms with Gasteiger partial charge in [0.25, 0.3) is 5.69 Å². The van der Waals surface area contributed by atoms with Crippen molar-refractivity contribution in [3.05, 3.63) is 63.7 Å². The Hall–Kier alpha value is -2.35. The molecule has 3 rings (SSSR count). The fourth-order valence-corrected chi connectivity index (χ4v) is 2.80. The van der Waals surface area contributed by atoms with Crippen molar-refractivity contribution >= 4 is 39.3 Å². The first-order valence-electron chi connectivity index (χ1n) is 6.42. The molecule has 116 valence electrons. The highest BCUT2D eigenvalue weighted by atomic mass is 35.5. The first kappa shape index (κ1) is 15.5. The molecule has 8 heteroatoms. The molecule has 0 saturated carbocycles. The van der Waals surface area contributed by atoms with E-state index in [-0.39, 0.29) is 10.6 Å². The van der Waals surface area contributed by atoms with E-state index in [4.69, 9.17) is 16.2 Å². The predicted octanol–water partition coefficient (Wildman–Crippen LogP) is 4.04. The van der Waals surface area contributed by atoms with Gasteiger partial charge < -0.3 is 4.55 Å². The smallest absolute Gasteiger partial charge is 0.270 e. The summed E-state index contributed by atoms with van der Waals surface area (Å²) in [6.45, 7) is 0. The summed E-state index contributed by atoms with van der Waals surface area (Å²) in [4.78, 5) is 15.1. The van der Waals surface area contributed by atoms with E-state index in [1.807, 2.05) is 0 Å². The largest absolute Gasteiger partial charge is 0.302 e. The number of nitrogens with zero attached hydrogens (tertiary/aromatic N) is 2. The summed E-state index contributed by atoms with van der Waals surface area (Å²) in [6, 6.07) is 12.3. The highest BCUT2D eigenvalue weighted by molar-refractivity contribution is 7.79. The van der Waals surface area contributed by atoms with Gasteiger partial charge in [-0.2, -0.15) is 0 Å². The van der Waals surface area contributed by atoms with Crippen molar-refractivity contribution in [3.8, 4) is 11.3 Å². The molecule has 0 aliphatic carbocycles. The number of pyridine rings is 1. The van der Waals surface area contributed by atoms with Crippen molar-refractivity contribution in [2.24, 2.45) is 0 Å². The summed E-state index contributed by atoms with van der Waals surface area (Å²) < 4.78 is 20.0. The third kappa shape index (κ3) is 3.07. The number of halogens is 1. The van der Waals surface area contributed by atoms with E-state index in [0.29, 0.717) is 21.6 Å². The highest BCUT2D eigenvalue weighted by Crippen LogP contribution is 2.30. The van der Waals surface area contributed by atoms with Crippen molar-refractivity contribution in [3.63, 3.8) is 0 Å². The van der Waals surface area contributed by atoms with Gasteiger partial charge in [0, 0.05) is 23.1 Å². The molecule has 0 bridgehead atoms. The minimum atomic E-state index is -2.04. The Morgan fingerprint density at radius 3 is 2.43 bits per heavy atom. The lowest BCUT2D eigenvalue weighted by atomic mass is 10.1. The molecule has 1 N–H and O–H groups in total. The number of benzene rings is 2. The molecule has 1 atom stereocenters. The summed E-state index contributed by atoms with van der Waals surface area (Å²) >= 11 is 4.18. The van der Waals surface area contributed by atoms with Crippen LogP contribution in [0.25, 0.3) is 22.2 Å². The molecule has 0 aliphatic heterocycles. The van der Waals surface area contributed by atoms with Gasteiger partial charge in [0.1, 0.15) is 0 Å². The molecule has 0 fully saturated rings. The van der Waals surface area contributed by atoms with E-state index in [0.717, 1.165) is 5.56 Å². The third-order valence-electron chi connectivity index (χ3n) is 3.30. The van der Waals surface area contributed by atoms with Gasteiger partial charge in [-0.3, -0.25) is 10.1 Å². The monoisotopic (exact) mass is 348 g/mol. The number of hydrogen-bond acceptors (Lipinski definition) is 4. The topological polar surface area (TPSA) is 93.3 Å². The average molecular weight is 349 g/mol. The SMILES string of the molecule is O=[N+]([O-])c1ccc2nc(-c3ccc(S(=O)O)cc3)cc(Cl)c2c1. The maximum absolute atomic E-state index is 11.0. The fraction of sp³-hybridized carbons (Fsp3) is 0. The van der Waals surface area contributed by atoms with Crippen molar-refractivity contribution < 1.29 is 13.7 Å². The van der Waals surface area contributed by atoms with Crippen LogP contribution in [-0.2, 0) is 11.1 Å². The summed E-state index contributed by atoms with van der Waals surface area (Å²) in [6.07, 6.45) is 0. The highest BCUT2D eigenvalue weighted by Gasteiger charge is 2.12. The Balaban J connectivity index is 2.10. The molecule has 0 spiro atoms. The van der Waals surface area contributed by atoms with E-state index in [9.17, 15) is 14.3 Å². The van der Waals surface area contributed by atoms with Crippen LogP contribution < -0.4 is 0 Å². The Labute approximate surface area is 138 Å². The van der Waals surface area contributed by atoms with Crippen LogP contribution in [0.1, 0.15) is 0 Å². The Kier molecular flexibility index (Phi) is 4.08. The Morgan fingerprint density at radius 2 is 1.83 bits per heavy atom. The van der Waals surface area contributed by atoms with Crippen LogP contribution in [0.2, 0.25) is 5.02 Å². The summed E-state index contributed by atoms with van der Waals surface area (Å²) in [5.74, 6) is 0. The zero-order valence-corrected chi connectivity index (χ0v) is 13.0. The van der Waals surface area contributed by atoms with Crippen molar-refractivity contribution in [2.45, 2.75) is 4.90 Å². The van der Waals surface area contributed by atoms with E-state index < -0.39 is 16.0 Å². The number of non-ortho nitro benzene ring substituents is 1. The minimum Gasteiger partial charge on any atom is -0.302 e. The number of aromatic nitrogens is 1. The molecule has 2 aromatic carbocycles. The first-order valence-corrected chi connectivity index (χ1v) is 7.90. The van der Waals surface area contributed by atoms with E-state index >= 15 is 0 Å². The molecule has 0 saturated heterocycles. The van der Waals surface area contributed by atoms with Crippen LogP contribution in [0.3, 0.4) is 0 Å². The van der Waals surface area contributed by atoms with Gasteiger partial charge in [-0.05, 0) is 24.3 Å². The van der Waals surface area contributed by atoms with Gasteiger partial charge in [0.2, 0.25) is 0 Å². The van der Waals surface area contributed by atoms with Gasteiger partial charge >= 0.3 is 0 Å². The van der Waals surface area contributed by atoms with Gasteiger partial charge in [-0.15, -0.1) is 0 Å². The minimum absolute atomic E-state index is 0.0521. The first-order chi connectivity index (χ1) is 11.0. The van der Waals surface area contributed by atoms with Crippen LogP contribution in [0, 0.1) is 10.1 Å². The molecule has 1 unspecified atom stereocenters. The molecular formula is C15H9ClN2O4S. The molecule has 6 nitrogen and oxygen atoms in total. The van der Waals surface area contributed by atoms with E-state index in [1.54, 1.807) is 24.3 Å². The standard InChI is InChI=1S/C15H9ClN2O4S/c16-13-8-15(9-1-4-11(5-2-9)23(21)22)17-14-6-3-10(18(19)20)7-12(13)14/h1-8H,(H,21,22). The third-order valence-corrected chi connectivity index (χ3v) is 4.29. The van der Waals surface area contributed by atoms with E-state index in [1.165, 1.54) is 24.3 Å². The summed E-state index contributed by atoms with van der Waals surface area (Å²) in [5, 5.41) is 11.7. The lowest BCUT2D eigenvalue weighted by Gasteiger charge is -2.06. The van der Waals surface area contributed by atoms with Crippen LogP contribution in [0.15, 0.2) is 53.4 Å². The number of nitro benzene ring substituents is 1. The van der Waals surface area contributed by atoms with Gasteiger partial charge in [0.15, 0.2) is 11.1 Å². The molecule has 1 heterocycles. The summed E-state index contributed by atoms with van der Waals surface area (Å²) in [5.41, 5.74) is 1.78. The predicted molar refractivity (Wildman–Crippen MR) is 87.9 cm³/mol. The average Bonchev–Trinajstić information content (AvgIpc) is 2.54. The van der Waals surface area contributed by atoms with Gasteiger partial charge in [0.05, 0.1) is 26.1 Å². The maximum atomic E-state index is 11.0. The van der Waals surface area contributed by atoms with Crippen molar-refractivity contribution in [1.29, 1.82) is 0 Å². The van der Waals surface area contributed by atoms with Crippen LogP contribution in [0.5, 0.6) is 0 Å². The lowest BCUT2D eigenvalue weighted by Crippen LogP contribution is -1.91.